The summed E-state index contributed by atoms with van der Waals surface area (Å²) in [6.45, 7) is 0.335. The van der Waals surface area contributed by atoms with E-state index in [1.807, 2.05) is 6.07 Å². The van der Waals surface area contributed by atoms with Crippen LogP contribution in [0.5, 0.6) is 0 Å². The number of rotatable bonds is 4. The molecular weight excluding hydrogens is 333 g/mol. The zero-order chi connectivity index (χ0) is 17.9. The Morgan fingerprint density at radius 1 is 1.12 bits per heavy atom. The van der Waals surface area contributed by atoms with Crippen LogP contribution in [0.3, 0.4) is 0 Å². The predicted molar refractivity (Wildman–Crippen MR) is 93.8 cm³/mol. The summed E-state index contributed by atoms with van der Waals surface area (Å²) in [4.78, 5) is 25.2. The summed E-state index contributed by atoms with van der Waals surface area (Å²) in [6.07, 6.45) is 8.19. The molecule has 0 spiro atoms. The number of benzene rings is 1. The number of carbonyl (C=O) groups excluding carboxylic acids is 1. The molecule has 7 heteroatoms. The maximum absolute atomic E-state index is 13.6. The van der Waals surface area contributed by atoms with Crippen LogP contribution in [0.2, 0.25) is 0 Å². The molecule has 1 N–H and O–H groups in total. The van der Waals surface area contributed by atoms with Gasteiger partial charge in [0.15, 0.2) is 0 Å². The molecule has 0 bridgehead atoms. The number of carbonyl (C=O) groups is 1. The van der Waals surface area contributed by atoms with Crippen molar-refractivity contribution in [3.63, 3.8) is 0 Å². The van der Waals surface area contributed by atoms with Gasteiger partial charge in [-0.25, -0.2) is 9.37 Å². The Balaban J connectivity index is 1.70. The van der Waals surface area contributed by atoms with Crippen LogP contribution < -0.4 is 5.32 Å². The molecular formula is C19H14FN5O. The first kappa shape index (κ1) is 15.9. The third-order valence-corrected chi connectivity index (χ3v) is 3.92. The maximum atomic E-state index is 13.6. The number of pyridine rings is 1. The normalized spacial score (nSPS) is 10.8. The molecule has 4 aromatic rings. The second-order valence-electron chi connectivity index (χ2n) is 5.67. The van der Waals surface area contributed by atoms with E-state index < -0.39 is 0 Å². The monoisotopic (exact) mass is 347 g/mol. The van der Waals surface area contributed by atoms with Crippen LogP contribution in [0.25, 0.3) is 16.8 Å². The molecule has 26 heavy (non-hydrogen) atoms. The van der Waals surface area contributed by atoms with Gasteiger partial charge >= 0.3 is 0 Å². The van der Waals surface area contributed by atoms with Crippen molar-refractivity contribution in [3.05, 3.63) is 84.6 Å². The Morgan fingerprint density at radius 2 is 2.00 bits per heavy atom. The molecule has 0 radical (unpaired) electrons. The lowest BCUT2D eigenvalue weighted by Crippen LogP contribution is -2.25. The Kier molecular flexibility index (Phi) is 4.10. The van der Waals surface area contributed by atoms with Crippen molar-refractivity contribution < 1.29 is 9.18 Å². The van der Waals surface area contributed by atoms with Crippen molar-refractivity contribution in [2.24, 2.45) is 0 Å². The van der Waals surface area contributed by atoms with E-state index in [1.165, 1.54) is 12.1 Å². The fourth-order valence-corrected chi connectivity index (χ4v) is 2.71. The van der Waals surface area contributed by atoms with Gasteiger partial charge in [0.1, 0.15) is 5.82 Å². The first-order valence-electron chi connectivity index (χ1n) is 7.97. The lowest BCUT2D eigenvalue weighted by Gasteiger charge is -2.04. The lowest BCUT2D eigenvalue weighted by molar-refractivity contribution is 0.0940. The van der Waals surface area contributed by atoms with Crippen molar-refractivity contribution in [1.29, 1.82) is 0 Å². The van der Waals surface area contributed by atoms with Crippen molar-refractivity contribution in [2.75, 3.05) is 0 Å². The Hall–Kier alpha value is -3.61. The average molecular weight is 347 g/mol. The van der Waals surface area contributed by atoms with Gasteiger partial charge in [-0.2, -0.15) is 0 Å². The van der Waals surface area contributed by atoms with Crippen LogP contribution in [0, 0.1) is 5.82 Å². The Morgan fingerprint density at radius 3 is 2.81 bits per heavy atom. The van der Waals surface area contributed by atoms with Gasteiger partial charge in [-0.3, -0.25) is 19.2 Å². The van der Waals surface area contributed by atoms with E-state index in [0.717, 1.165) is 5.56 Å². The van der Waals surface area contributed by atoms with E-state index in [0.29, 0.717) is 23.3 Å². The molecule has 0 aliphatic rings. The van der Waals surface area contributed by atoms with Gasteiger partial charge in [-0.1, -0.05) is 18.2 Å². The molecule has 0 unspecified atom stereocenters. The summed E-state index contributed by atoms with van der Waals surface area (Å²) in [5.41, 5.74) is 2.60. The summed E-state index contributed by atoms with van der Waals surface area (Å²) in [6, 6.07) is 9.78. The summed E-state index contributed by atoms with van der Waals surface area (Å²) in [5.74, 6) is -0.488. The number of amides is 1. The second kappa shape index (κ2) is 6.72. The largest absolute Gasteiger partial charge is 0.345 e. The van der Waals surface area contributed by atoms with Gasteiger partial charge in [-0.15, -0.1) is 0 Å². The number of halogens is 1. The van der Waals surface area contributed by atoms with Gasteiger partial charge < -0.3 is 5.32 Å². The topological polar surface area (TPSA) is 72.2 Å². The fraction of sp³-hybridized carbons (Fsp3) is 0.0526. The minimum atomic E-state index is -0.366. The SMILES string of the molecule is O=C(NCc1cccnc1)c1nc(-c2cccc(F)c2)c2cnccn12. The van der Waals surface area contributed by atoms with Gasteiger partial charge in [0, 0.05) is 36.9 Å². The van der Waals surface area contributed by atoms with Gasteiger partial charge in [0.2, 0.25) is 5.82 Å². The Labute approximate surface area is 148 Å². The number of hydrogen-bond acceptors (Lipinski definition) is 4. The molecule has 0 atom stereocenters. The van der Waals surface area contributed by atoms with Crippen molar-refractivity contribution in [1.82, 2.24) is 24.7 Å². The van der Waals surface area contributed by atoms with E-state index in [2.05, 4.69) is 20.3 Å². The standard InChI is InChI=1S/C19H14FN5O/c20-15-5-1-4-14(9-15)17-16-12-22-7-8-25(16)18(24-17)19(26)23-11-13-3-2-6-21-10-13/h1-10,12H,11H2,(H,23,26). The highest BCUT2D eigenvalue weighted by molar-refractivity contribution is 5.94. The smallest absolute Gasteiger partial charge is 0.287 e. The van der Waals surface area contributed by atoms with Crippen LogP contribution in [0.15, 0.2) is 67.4 Å². The van der Waals surface area contributed by atoms with Crippen LogP contribution in [-0.2, 0) is 6.54 Å². The van der Waals surface area contributed by atoms with Crippen LogP contribution in [-0.4, -0.2) is 25.3 Å². The molecule has 0 saturated carbocycles. The molecule has 0 aliphatic heterocycles. The molecule has 1 aromatic carbocycles. The van der Waals surface area contributed by atoms with Crippen LogP contribution >= 0.6 is 0 Å². The molecule has 128 valence electrons. The van der Waals surface area contributed by atoms with Gasteiger partial charge in [0.05, 0.1) is 17.4 Å². The molecule has 0 saturated heterocycles. The van der Waals surface area contributed by atoms with E-state index in [1.54, 1.807) is 53.6 Å². The van der Waals surface area contributed by atoms with Crippen LogP contribution in [0.4, 0.5) is 4.39 Å². The maximum Gasteiger partial charge on any atom is 0.287 e. The van der Waals surface area contributed by atoms with E-state index in [-0.39, 0.29) is 17.5 Å². The highest BCUT2D eigenvalue weighted by atomic mass is 19.1. The zero-order valence-corrected chi connectivity index (χ0v) is 13.6. The number of fused-ring (bicyclic) bond motifs is 1. The molecule has 4 rings (SSSR count). The third kappa shape index (κ3) is 3.02. The van der Waals surface area contributed by atoms with E-state index >= 15 is 0 Å². The van der Waals surface area contributed by atoms with Gasteiger partial charge in [-0.05, 0) is 23.8 Å². The summed E-state index contributed by atoms with van der Waals surface area (Å²) in [5, 5.41) is 2.83. The molecule has 3 heterocycles. The average Bonchev–Trinajstić information content (AvgIpc) is 3.07. The highest BCUT2D eigenvalue weighted by Crippen LogP contribution is 2.25. The molecule has 6 nitrogen and oxygen atoms in total. The second-order valence-corrected chi connectivity index (χ2v) is 5.67. The minimum Gasteiger partial charge on any atom is -0.345 e. The molecule has 3 aromatic heterocycles. The zero-order valence-electron chi connectivity index (χ0n) is 13.6. The lowest BCUT2D eigenvalue weighted by atomic mass is 10.1. The Bertz CT molecular complexity index is 1080. The first-order valence-corrected chi connectivity index (χ1v) is 7.97. The van der Waals surface area contributed by atoms with Gasteiger partial charge in [0.25, 0.3) is 5.91 Å². The van der Waals surface area contributed by atoms with Crippen molar-refractivity contribution in [3.8, 4) is 11.3 Å². The predicted octanol–water partition coefficient (Wildman–Crippen LogP) is 2.86. The first-order chi connectivity index (χ1) is 12.7. The summed E-state index contributed by atoms with van der Waals surface area (Å²) >= 11 is 0. The quantitative estimate of drug-likeness (QED) is 0.616. The number of nitrogens with one attached hydrogen (secondary N) is 1. The third-order valence-electron chi connectivity index (χ3n) is 3.92. The molecule has 1 amide bonds. The van der Waals surface area contributed by atoms with E-state index in [9.17, 15) is 9.18 Å². The molecule has 0 aliphatic carbocycles. The number of nitrogens with zero attached hydrogens (tertiary/aromatic N) is 4. The fourth-order valence-electron chi connectivity index (χ4n) is 2.71. The minimum absolute atomic E-state index is 0.213. The van der Waals surface area contributed by atoms with E-state index in [4.69, 9.17) is 0 Å². The van der Waals surface area contributed by atoms with Crippen molar-refractivity contribution in [2.45, 2.75) is 6.54 Å². The number of imidazole rings is 1. The van der Waals surface area contributed by atoms with Crippen molar-refractivity contribution >= 4 is 11.4 Å². The summed E-state index contributed by atoms with van der Waals surface area (Å²) < 4.78 is 15.2. The number of hydrogen-bond donors (Lipinski definition) is 1. The molecule has 0 fully saturated rings. The number of aromatic nitrogens is 4. The highest BCUT2D eigenvalue weighted by Gasteiger charge is 2.18. The van der Waals surface area contributed by atoms with Crippen LogP contribution in [0.1, 0.15) is 16.2 Å². The summed E-state index contributed by atoms with van der Waals surface area (Å²) in [7, 11) is 0.